The summed E-state index contributed by atoms with van der Waals surface area (Å²) < 4.78 is 45.4. The highest BCUT2D eigenvalue weighted by Crippen LogP contribution is 2.32. The SMILES string of the molecule is C=C/C(=C\C(=C)OC(C)(F)F)N1CCC(c2ccc(CNC(=O)C(C)=C(C)C)cc2F)CC1.CCC(C)/C=C\C(C)=C/C(C)=C(C)C. The number of piperidine rings is 1. The number of hydrogen-bond donors (Lipinski definition) is 1. The number of amides is 1. The van der Waals surface area contributed by atoms with Crippen molar-refractivity contribution in [1.29, 1.82) is 0 Å². The summed E-state index contributed by atoms with van der Waals surface area (Å²) in [6.45, 7) is 28.0. The lowest BCUT2D eigenvalue weighted by Gasteiger charge is -2.34. The van der Waals surface area contributed by atoms with E-state index in [1.165, 1.54) is 35.3 Å². The first-order valence-corrected chi connectivity index (χ1v) is 16.4. The Balaban J connectivity index is 0.000000663. The molecule has 0 radical (unpaired) electrons. The van der Waals surface area contributed by atoms with Gasteiger partial charge in [-0.25, -0.2) is 4.39 Å². The van der Waals surface area contributed by atoms with Gasteiger partial charge in [0.15, 0.2) is 0 Å². The van der Waals surface area contributed by atoms with Crippen LogP contribution in [0.2, 0.25) is 0 Å². The van der Waals surface area contributed by atoms with E-state index in [0.29, 0.717) is 61.2 Å². The van der Waals surface area contributed by atoms with E-state index in [1.54, 1.807) is 19.1 Å². The van der Waals surface area contributed by atoms with Gasteiger partial charge < -0.3 is 15.0 Å². The largest absolute Gasteiger partial charge is 0.433 e. The maximum Gasteiger partial charge on any atom is 0.394 e. The number of halogens is 3. The minimum absolute atomic E-state index is 0.0447. The topological polar surface area (TPSA) is 41.6 Å². The lowest BCUT2D eigenvalue weighted by Crippen LogP contribution is -2.32. The fraction of sp³-hybridized carbons (Fsp3) is 0.475. The van der Waals surface area contributed by atoms with Crippen LogP contribution < -0.4 is 5.32 Å². The van der Waals surface area contributed by atoms with Crippen molar-refractivity contribution in [2.24, 2.45) is 5.92 Å². The number of hydrogen-bond acceptors (Lipinski definition) is 3. The number of likely N-dealkylation sites (tertiary alicyclic amines) is 1. The first kappa shape index (κ1) is 41.3. The van der Waals surface area contributed by atoms with Crippen LogP contribution in [-0.4, -0.2) is 30.0 Å². The van der Waals surface area contributed by atoms with Gasteiger partial charge >= 0.3 is 6.11 Å². The Morgan fingerprint density at radius 3 is 2.19 bits per heavy atom. The van der Waals surface area contributed by atoms with Crippen LogP contribution in [0.25, 0.3) is 0 Å². The van der Waals surface area contributed by atoms with E-state index < -0.39 is 6.11 Å². The number of benzene rings is 1. The van der Waals surface area contributed by atoms with Crippen LogP contribution in [-0.2, 0) is 16.1 Å². The van der Waals surface area contributed by atoms with Crippen LogP contribution >= 0.6 is 0 Å². The quantitative estimate of drug-likeness (QED) is 0.131. The molecule has 0 bridgehead atoms. The lowest BCUT2D eigenvalue weighted by atomic mass is 9.88. The molecule has 47 heavy (non-hydrogen) atoms. The van der Waals surface area contributed by atoms with Crippen molar-refractivity contribution >= 4 is 5.91 Å². The number of nitrogens with zero attached hydrogens (tertiary/aromatic N) is 1. The van der Waals surface area contributed by atoms with Crippen molar-refractivity contribution < 1.29 is 22.7 Å². The molecular weight excluding hydrogens is 597 g/mol. The Bertz CT molecular complexity index is 1380. The molecule has 1 aliphatic heterocycles. The normalized spacial score (nSPS) is 15.0. The zero-order chi connectivity index (χ0) is 35.9. The maximum atomic E-state index is 14.8. The van der Waals surface area contributed by atoms with E-state index in [9.17, 15) is 18.0 Å². The smallest absolute Gasteiger partial charge is 0.394 e. The number of allylic oxidation sites excluding steroid dienone is 9. The first-order chi connectivity index (χ1) is 21.9. The second-order valence-corrected chi connectivity index (χ2v) is 12.9. The summed E-state index contributed by atoms with van der Waals surface area (Å²) in [7, 11) is 0. The van der Waals surface area contributed by atoms with Gasteiger partial charge in [0, 0.05) is 43.9 Å². The monoisotopic (exact) mass is 654 g/mol. The molecule has 1 saturated heterocycles. The third-order valence-corrected chi connectivity index (χ3v) is 8.30. The summed E-state index contributed by atoms with van der Waals surface area (Å²) in [5.74, 6) is 0.140. The molecule has 4 nitrogen and oxygen atoms in total. The van der Waals surface area contributed by atoms with Gasteiger partial charge in [-0.15, -0.1) is 0 Å². The Morgan fingerprint density at radius 1 is 1.09 bits per heavy atom. The van der Waals surface area contributed by atoms with E-state index >= 15 is 0 Å². The molecule has 1 aliphatic rings. The third-order valence-electron chi connectivity index (χ3n) is 8.30. The zero-order valence-corrected chi connectivity index (χ0v) is 30.3. The first-order valence-electron chi connectivity index (χ1n) is 16.4. The van der Waals surface area contributed by atoms with Crippen molar-refractivity contribution in [2.75, 3.05) is 13.1 Å². The molecule has 1 N–H and O–H groups in total. The molecule has 0 aromatic heterocycles. The third kappa shape index (κ3) is 15.6. The molecule has 1 fully saturated rings. The van der Waals surface area contributed by atoms with E-state index in [-0.39, 0.29) is 29.9 Å². The van der Waals surface area contributed by atoms with Gasteiger partial charge in [0.1, 0.15) is 11.6 Å². The number of ether oxygens (including phenoxy) is 1. The Kier molecular flexibility index (Phi) is 17.4. The van der Waals surface area contributed by atoms with E-state index in [4.69, 9.17) is 0 Å². The van der Waals surface area contributed by atoms with Crippen LogP contribution in [0.3, 0.4) is 0 Å². The van der Waals surface area contributed by atoms with Crippen LogP contribution in [0.1, 0.15) is 106 Å². The molecule has 260 valence electrons. The molecule has 1 aromatic rings. The molecule has 0 spiro atoms. The highest BCUT2D eigenvalue weighted by molar-refractivity contribution is 5.93. The predicted octanol–water partition coefficient (Wildman–Crippen LogP) is 11.1. The molecular formula is C40H57F3N2O2. The Labute approximate surface area is 282 Å². The average molecular weight is 655 g/mol. The second kappa shape index (κ2) is 19.8. The summed E-state index contributed by atoms with van der Waals surface area (Å²) in [4.78, 5) is 14.1. The van der Waals surface area contributed by atoms with E-state index in [0.717, 1.165) is 5.57 Å². The minimum atomic E-state index is -3.30. The van der Waals surface area contributed by atoms with Gasteiger partial charge in [-0.05, 0) is 96.4 Å². The predicted molar refractivity (Wildman–Crippen MR) is 191 cm³/mol. The van der Waals surface area contributed by atoms with Gasteiger partial charge in [-0.3, -0.25) is 4.79 Å². The number of rotatable bonds is 13. The highest BCUT2D eigenvalue weighted by Gasteiger charge is 2.26. The van der Waals surface area contributed by atoms with Crippen molar-refractivity contribution in [3.05, 3.63) is 118 Å². The molecule has 2 rings (SSSR count). The molecule has 1 aromatic carbocycles. The van der Waals surface area contributed by atoms with Crippen molar-refractivity contribution in [2.45, 2.75) is 107 Å². The summed E-state index contributed by atoms with van der Waals surface area (Å²) in [5.41, 5.74) is 7.68. The maximum absolute atomic E-state index is 14.8. The fourth-order valence-corrected chi connectivity index (χ4v) is 4.69. The van der Waals surface area contributed by atoms with Gasteiger partial charge in [-0.2, -0.15) is 8.78 Å². The molecule has 0 saturated carbocycles. The highest BCUT2D eigenvalue weighted by atomic mass is 19.3. The average Bonchev–Trinajstić information content (AvgIpc) is 3.00. The number of carbonyl (C=O) groups excluding carboxylic acids is 1. The molecule has 7 heteroatoms. The summed E-state index contributed by atoms with van der Waals surface area (Å²) >= 11 is 0. The molecule has 1 heterocycles. The van der Waals surface area contributed by atoms with Crippen LogP contribution in [0, 0.1) is 11.7 Å². The Morgan fingerprint density at radius 2 is 1.70 bits per heavy atom. The van der Waals surface area contributed by atoms with Crippen LogP contribution in [0.4, 0.5) is 13.2 Å². The van der Waals surface area contributed by atoms with Gasteiger partial charge in [0.25, 0.3) is 0 Å². The van der Waals surface area contributed by atoms with Crippen molar-refractivity contribution in [3.63, 3.8) is 0 Å². The standard InChI is InChI=1S/C26H33F3N2O2.C14H24/c1-7-22(14-18(4)33-26(6,28)29)31-12-10-21(11-13-31)23-9-8-20(15-24(23)27)16-30-25(32)19(5)17(2)3;1-7-12(4)8-9-13(5)10-14(6)11(2)3/h7-9,14-15,21H,1,4,10-13,16H2,2-3,5-6H3,(H,30,32);8-10,12H,7H2,1-6H3/b22-14+;9-8-,13-10-. The molecule has 1 amide bonds. The van der Waals surface area contributed by atoms with Crippen LogP contribution in [0.5, 0.6) is 0 Å². The Hall–Kier alpha value is -3.74. The minimum Gasteiger partial charge on any atom is -0.433 e. The van der Waals surface area contributed by atoms with E-state index in [2.05, 4.69) is 83.0 Å². The number of nitrogens with one attached hydrogen (secondary N) is 1. The summed E-state index contributed by atoms with van der Waals surface area (Å²) in [6, 6.07) is 5.10. The van der Waals surface area contributed by atoms with Gasteiger partial charge in [0.2, 0.25) is 5.91 Å². The summed E-state index contributed by atoms with van der Waals surface area (Å²) in [6.07, 6.45) is 9.08. The number of alkyl halides is 2. The van der Waals surface area contributed by atoms with Crippen LogP contribution in [0.15, 0.2) is 101 Å². The van der Waals surface area contributed by atoms with Gasteiger partial charge in [0.05, 0.1) is 0 Å². The van der Waals surface area contributed by atoms with Crippen molar-refractivity contribution in [3.8, 4) is 0 Å². The molecule has 0 aliphatic carbocycles. The second-order valence-electron chi connectivity index (χ2n) is 12.9. The molecule has 1 atom stereocenters. The fourth-order valence-electron chi connectivity index (χ4n) is 4.69. The van der Waals surface area contributed by atoms with Gasteiger partial charge in [-0.1, -0.05) is 86.1 Å². The lowest BCUT2D eigenvalue weighted by molar-refractivity contribution is -0.194. The van der Waals surface area contributed by atoms with Crippen molar-refractivity contribution in [1.82, 2.24) is 10.2 Å². The summed E-state index contributed by atoms with van der Waals surface area (Å²) in [5, 5.41) is 2.81. The molecule has 1 unspecified atom stereocenters. The van der Waals surface area contributed by atoms with E-state index in [1.807, 2.05) is 24.8 Å². The zero-order valence-electron chi connectivity index (χ0n) is 30.3. The number of carbonyl (C=O) groups is 1.